The van der Waals surface area contributed by atoms with Crippen LogP contribution in [0.15, 0.2) is 30.3 Å². The number of rotatable bonds is 4. The van der Waals surface area contributed by atoms with Gasteiger partial charge in [-0.25, -0.2) is 0 Å². The molecule has 0 radical (unpaired) electrons. The minimum absolute atomic E-state index is 0.291. The first-order chi connectivity index (χ1) is 7.41. The largest absolute Gasteiger partial charge is 0.480 e. The van der Waals surface area contributed by atoms with Crippen molar-refractivity contribution < 1.29 is 9.90 Å². The molecule has 0 fully saturated rings. The van der Waals surface area contributed by atoms with Gasteiger partial charge in [0.1, 0.15) is 6.04 Å². The van der Waals surface area contributed by atoms with Crippen LogP contribution in [0.1, 0.15) is 26.3 Å². The van der Waals surface area contributed by atoms with Gasteiger partial charge < -0.3 is 5.11 Å². The highest BCUT2D eigenvalue weighted by Crippen LogP contribution is 2.19. The van der Waals surface area contributed by atoms with Gasteiger partial charge in [0.05, 0.1) is 0 Å². The molecule has 1 rings (SSSR count). The van der Waals surface area contributed by atoms with Gasteiger partial charge in [-0.3, -0.25) is 10.1 Å². The average molecular weight is 221 g/mol. The lowest BCUT2D eigenvalue weighted by Crippen LogP contribution is -2.46. The zero-order chi connectivity index (χ0) is 12.2. The molecule has 0 aromatic heterocycles. The second kappa shape index (κ2) is 5.12. The topological polar surface area (TPSA) is 49.3 Å². The third-order valence-electron chi connectivity index (χ3n) is 2.47. The summed E-state index contributed by atoms with van der Waals surface area (Å²) in [5.41, 5.74) is 0.804. The van der Waals surface area contributed by atoms with Gasteiger partial charge in [-0.05, 0) is 11.0 Å². The molecular weight excluding hydrogens is 202 g/mol. The van der Waals surface area contributed by atoms with Gasteiger partial charge >= 0.3 is 5.97 Å². The zero-order valence-electron chi connectivity index (χ0n) is 10.0. The Balaban J connectivity index is 2.62. The lowest BCUT2D eigenvalue weighted by Gasteiger charge is -2.27. The first-order valence-electron chi connectivity index (χ1n) is 5.41. The van der Waals surface area contributed by atoms with E-state index in [1.54, 1.807) is 0 Å². The Kier molecular flexibility index (Phi) is 4.07. The quantitative estimate of drug-likeness (QED) is 0.820. The van der Waals surface area contributed by atoms with Gasteiger partial charge in [-0.1, -0.05) is 51.1 Å². The van der Waals surface area contributed by atoms with Crippen molar-refractivity contribution in [3.63, 3.8) is 0 Å². The van der Waals surface area contributed by atoms with Crippen molar-refractivity contribution in [2.45, 2.75) is 33.4 Å². The summed E-state index contributed by atoms with van der Waals surface area (Å²) in [5, 5.41) is 12.2. The van der Waals surface area contributed by atoms with Gasteiger partial charge in [0.15, 0.2) is 0 Å². The molecular formula is C13H19NO2. The van der Waals surface area contributed by atoms with Gasteiger partial charge in [0.25, 0.3) is 0 Å². The second-order valence-electron chi connectivity index (χ2n) is 5.00. The Bertz CT molecular complexity index is 341. The van der Waals surface area contributed by atoms with Gasteiger partial charge in [0.2, 0.25) is 0 Å². The third-order valence-corrected chi connectivity index (χ3v) is 2.47. The van der Waals surface area contributed by atoms with Crippen molar-refractivity contribution in [3.8, 4) is 0 Å². The van der Waals surface area contributed by atoms with Crippen LogP contribution in [-0.2, 0) is 11.3 Å². The summed E-state index contributed by atoms with van der Waals surface area (Å²) in [4.78, 5) is 11.1. The minimum Gasteiger partial charge on any atom is -0.480 e. The average Bonchev–Trinajstić information content (AvgIpc) is 2.17. The molecule has 88 valence electrons. The van der Waals surface area contributed by atoms with Crippen LogP contribution in [0.2, 0.25) is 0 Å². The summed E-state index contributed by atoms with van der Waals surface area (Å²) in [6.07, 6.45) is 0. The number of aliphatic carboxylic acids is 1. The van der Waals surface area contributed by atoms with Crippen molar-refractivity contribution in [2.24, 2.45) is 5.41 Å². The summed E-state index contributed by atoms with van der Waals surface area (Å²) < 4.78 is 0. The molecule has 0 aliphatic rings. The van der Waals surface area contributed by atoms with Crippen LogP contribution in [0.3, 0.4) is 0 Å². The molecule has 3 nitrogen and oxygen atoms in total. The molecule has 1 aromatic rings. The van der Waals surface area contributed by atoms with Crippen LogP contribution in [0.4, 0.5) is 0 Å². The lowest BCUT2D eigenvalue weighted by molar-refractivity contribution is -0.142. The molecule has 1 unspecified atom stereocenters. The number of hydrogen-bond acceptors (Lipinski definition) is 2. The van der Waals surface area contributed by atoms with E-state index in [2.05, 4.69) is 5.32 Å². The lowest BCUT2D eigenvalue weighted by atomic mass is 9.86. The standard InChI is InChI=1S/C13H19NO2/c1-13(2,3)11(12(15)16)14-9-10-7-5-4-6-8-10/h4-8,11,14H,9H2,1-3H3,(H,15,16). The van der Waals surface area contributed by atoms with Crippen LogP contribution < -0.4 is 5.32 Å². The smallest absolute Gasteiger partial charge is 0.321 e. The Morgan fingerprint density at radius 2 is 1.88 bits per heavy atom. The van der Waals surface area contributed by atoms with Crippen LogP contribution in [-0.4, -0.2) is 17.1 Å². The predicted molar refractivity (Wildman–Crippen MR) is 64.2 cm³/mol. The molecule has 0 aliphatic heterocycles. The molecule has 3 heteroatoms. The molecule has 0 spiro atoms. The highest BCUT2D eigenvalue weighted by atomic mass is 16.4. The molecule has 0 amide bonds. The van der Waals surface area contributed by atoms with E-state index in [9.17, 15) is 4.79 Å². The van der Waals surface area contributed by atoms with Gasteiger partial charge in [0, 0.05) is 6.54 Å². The van der Waals surface area contributed by atoms with Gasteiger partial charge in [-0.15, -0.1) is 0 Å². The monoisotopic (exact) mass is 221 g/mol. The Morgan fingerprint density at radius 1 is 1.31 bits per heavy atom. The number of benzene rings is 1. The van der Waals surface area contributed by atoms with Crippen LogP contribution in [0.25, 0.3) is 0 Å². The highest BCUT2D eigenvalue weighted by molar-refractivity contribution is 5.74. The maximum absolute atomic E-state index is 11.1. The van der Waals surface area contributed by atoms with Crippen molar-refractivity contribution >= 4 is 5.97 Å². The van der Waals surface area contributed by atoms with Crippen molar-refractivity contribution in [1.82, 2.24) is 5.32 Å². The summed E-state index contributed by atoms with van der Waals surface area (Å²) in [7, 11) is 0. The molecule has 1 aromatic carbocycles. The molecule has 1 atom stereocenters. The minimum atomic E-state index is -0.802. The first kappa shape index (κ1) is 12.7. The fourth-order valence-electron chi connectivity index (χ4n) is 1.58. The second-order valence-corrected chi connectivity index (χ2v) is 5.00. The maximum atomic E-state index is 11.1. The predicted octanol–water partition coefficient (Wildman–Crippen LogP) is 2.28. The molecule has 2 N–H and O–H groups in total. The van der Waals surface area contributed by atoms with E-state index in [1.165, 1.54) is 0 Å². The summed E-state index contributed by atoms with van der Waals surface area (Å²) in [5.74, 6) is -0.802. The molecule has 0 aliphatic carbocycles. The van der Waals surface area contributed by atoms with Crippen LogP contribution in [0.5, 0.6) is 0 Å². The van der Waals surface area contributed by atoms with Crippen LogP contribution in [0, 0.1) is 5.41 Å². The summed E-state index contributed by atoms with van der Waals surface area (Å²) in [6, 6.07) is 9.27. The van der Waals surface area contributed by atoms with E-state index in [-0.39, 0.29) is 5.41 Å². The highest BCUT2D eigenvalue weighted by Gasteiger charge is 2.30. The van der Waals surface area contributed by atoms with E-state index in [0.717, 1.165) is 5.56 Å². The van der Waals surface area contributed by atoms with Gasteiger partial charge in [-0.2, -0.15) is 0 Å². The number of carboxylic acid groups (broad SMARTS) is 1. The van der Waals surface area contributed by atoms with E-state index in [0.29, 0.717) is 6.54 Å². The van der Waals surface area contributed by atoms with E-state index >= 15 is 0 Å². The van der Waals surface area contributed by atoms with Crippen molar-refractivity contribution in [3.05, 3.63) is 35.9 Å². The molecule has 0 bridgehead atoms. The number of hydrogen-bond donors (Lipinski definition) is 2. The number of carboxylic acids is 1. The molecule has 0 saturated heterocycles. The molecule has 16 heavy (non-hydrogen) atoms. The van der Waals surface area contributed by atoms with E-state index < -0.39 is 12.0 Å². The number of nitrogens with one attached hydrogen (secondary N) is 1. The Morgan fingerprint density at radius 3 is 2.31 bits per heavy atom. The summed E-state index contributed by atoms with van der Waals surface area (Å²) in [6.45, 7) is 6.34. The zero-order valence-corrected chi connectivity index (χ0v) is 10.0. The fourth-order valence-corrected chi connectivity index (χ4v) is 1.58. The van der Waals surface area contributed by atoms with E-state index in [4.69, 9.17) is 5.11 Å². The fraction of sp³-hybridized carbons (Fsp3) is 0.462. The van der Waals surface area contributed by atoms with Crippen LogP contribution >= 0.6 is 0 Å². The Labute approximate surface area is 96.5 Å². The maximum Gasteiger partial charge on any atom is 0.321 e. The van der Waals surface area contributed by atoms with E-state index in [1.807, 2.05) is 51.1 Å². The molecule has 0 saturated carbocycles. The Hall–Kier alpha value is -1.35. The SMILES string of the molecule is CC(C)(C)C(NCc1ccccc1)C(=O)O. The normalized spacial score (nSPS) is 13.4. The first-order valence-corrected chi connectivity index (χ1v) is 5.41. The van der Waals surface area contributed by atoms with Crippen molar-refractivity contribution in [2.75, 3.05) is 0 Å². The number of carbonyl (C=O) groups is 1. The van der Waals surface area contributed by atoms with Crippen molar-refractivity contribution in [1.29, 1.82) is 0 Å². The molecule has 0 heterocycles. The third kappa shape index (κ3) is 3.66. The summed E-state index contributed by atoms with van der Waals surface area (Å²) >= 11 is 0.